The summed E-state index contributed by atoms with van der Waals surface area (Å²) in [6.07, 6.45) is 1.06. The number of phenols is 1. The number of likely N-dealkylation sites (tertiary alicyclic amines) is 1. The van der Waals surface area contributed by atoms with Gasteiger partial charge in [-0.25, -0.2) is 0 Å². The number of hydrogen-bond donors (Lipinski definition) is 3. The van der Waals surface area contributed by atoms with Crippen LogP contribution in [-0.2, 0) is 26.3 Å². The number of amides is 3. The average molecular weight is 454 g/mol. The molecule has 2 aromatic rings. The quantitative estimate of drug-likeness (QED) is 0.618. The SMILES string of the molecule is CCC(C)N1C(=O)C2C(Cc3ccc(O)cc3)NC3(C(=O)Nc4ccc(Cl)cc43)C2C1=O. The van der Waals surface area contributed by atoms with Crippen molar-refractivity contribution in [2.45, 2.75) is 44.3 Å². The van der Waals surface area contributed by atoms with Gasteiger partial charge in [0.15, 0.2) is 0 Å². The van der Waals surface area contributed by atoms with Gasteiger partial charge in [-0.3, -0.25) is 24.6 Å². The summed E-state index contributed by atoms with van der Waals surface area (Å²) in [6, 6.07) is 11.2. The van der Waals surface area contributed by atoms with Crippen molar-refractivity contribution in [2.75, 3.05) is 5.32 Å². The number of imide groups is 1. The molecule has 2 saturated heterocycles. The van der Waals surface area contributed by atoms with Gasteiger partial charge in [0.2, 0.25) is 17.7 Å². The molecule has 0 bridgehead atoms. The van der Waals surface area contributed by atoms with E-state index in [4.69, 9.17) is 11.6 Å². The zero-order chi connectivity index (χ0) is 22.8. The molecular formula is C24H24ClN3O4. The Bertz CT molecular complexity index is 1130. The Balaban J connectivity index is 1.64. The molecule has 3 amide bonds. The number of fused-ring (bicyclic) bond motifs is 4. The lowest BCUT2D eigenvalue weighted by atomic mass is 9.76. The van der Waals surface area contributed by atoms with E-state index < -0.39 is 23.4 Å². The second-order valence-electron chi connectivity index (χ2n) is 8.88. The molecule has 0 radical (unpaired) electrons. The second kappa shape index (κ2) is 7.32. The molecule has 3 heterocycles. The highest BCUT2D eigenvalue weighted by Gasteiger charge is 2.70. The first kappa shape index (κ1) is 21.0. The maximum atomic E-state index is 13.7. The summed E-state index contributed by atoms with van der Waals surface area (Å²) in [6.45, 7) is 3.78. The van der Waals surface area contributed by atoms with Crippen molar-refractivity contribution in [3.8, 4) is 5.75 Å². The zero-order valence-electron chi connectivity index (χ0n) is 17.8. The maximum absolute atomic E-state index is 13.7. The topological polar surface area (TPSA) is 98.7 Å². The van der Waals surface area contributed by atoms with E-state index in [1.54, 1.807) is 42.5 Å². The number of benzene rings is 2. The van der Waals surface area contributed by atoms with E-state index in [9.17, 15) is 19.5 Å². The zero-order valence-corrected chi connectivity index (χ0v) is 18.5. The van der Waals surface area contributed by atoms with Crippen LogP contribution < -0.4 is 10.6 Å². The Labute approximate surface area is 190 Å². The molecule has 2 aromatic carbocycles. The lowest BCUT2D eigenvalue weighted by molar-refractivity contribution is -0.145. The average Bonchev–Trinajstić information content (AvgIpc) is 3.34. The molecule has 3 N–H and O–H groups in total. The molecule has 3 aliphatic rings. The van der Waals surface area contributed by atoms with E-state index in [1.807, 2.05) is 13.8 Å². The van der Waals surface area contributed by atoms with Crippen LogP contribution in [0.4, 0.5) is 5.69 Å². The van der Waals surface area contributed by atoms with Crippen molar-refractivity contribution in [1.29, 1.82) is 0 Å². The summed E-state index contributed by atoms with van der Waals surface area (Å²) in [5, 5.41) is 16.4. The van der Waals surface area contributed by atoms with E-state index in [0.717, 1.165) is 5.56 Å². The largest absolute Gasteiger partial charge is 0.508 e. The molecule has 166 valence electrons. The minimum absolute atomic E-state index is 0.149. The number of nitrogens with one attached hydrogen (secondary N) is 2. The molecule has 0 aliphatic carbocycles. The fourth-order valence-corrected chi connectivity index (χ4v) is 5.65. The van der Waals surface area contributed by atoms with Crippen molar-refractivity contribution < 1.29 is 19.5 Å². The number of carbonyl (C=O) groups excluding carboxylic acids is 3. The predicted molar refractivity (Wildman–Crippen MR) is 119 cm³/mol. The van der Waals surface area contributed by atoms with Crippen LogP contribution in [0.3, 0.4) is 0 Å². The van der Waals surface area contributed by atoms with Gasteiger partial charge >= 0.3 is 0 Å². The highest BCUT2D eigenvalue weighted by Crippen LogP contribution is 2.54. The molecule has 0 saturated carbocycles. The minimum atomic E-state index is -1.36. The molecule has 5 unspecified atom stereocenters. The monoisotopic (exact) mass is 453 g/mol. The Morgan fingerprint density at radius 3 is 2.53 bits per heavy atom. The molecule has 7 nitrogen and oxygen atoms in total. The van der Waals surface area contributed by atoms with Gasteiger partial charge in [0, 0.05) is 28.4 Å². The number of hydrogen-bond acceptors (Lipinski definition) is 5. The van der Waals surface area contributed by atoms with Gasteiger partial charge < -0.3 is 10.4 Å². The van der Waals surface area contributed by atoms with Gasteiger partial charge in [-0.1, -0.05) is 30.7 Å². The third-order valence-corrected chi connectivity index (χ3v) is 7.37. The Morgan fingerprint density at radius 1 is 1.12 bits per heavy atom. The number of phenolic OH excluding ortho intramolecular Hbond substituents is 1. The van der Waals surface area contributed by atoms with Crippen LogP contribution in [0.2, 0.25) is 5.02 Å². The van der Waals surface area contributed by atoms with Gasteiger partial charge in [-0.15, -0.1) is 0 Å². The predicted octanol–water partition coefficient (Wildman–Crippen LogP) is 2.81. The normalized spacial score (nSPS) is 29.4. The number of aromatic hydroxyl groups is 1. The minimum Gasteiger partial charge on any atom is -0.508 e. The van der Waals surface area contributed by atoms with Crippen LogP contribution in [0, 0.1) is 11.8 Å². The molecule has 2 fully saturated rings. The molecular weight excluding hydrogens is 430 g/mol. The molecule has 8 heteroatoms. The Kier molecular flexibility index (Phi) is 4.80. The molecule has 0 aromatic heterocycles. The summed E-state index contributed by atoms with van der Waals surface area (Å²) >= 11 is 6.27. The number of rotatable bonds is 4. The lowest BCUT2D eigenvalue weighted by Crippen LogP contribution is -2.54. The van der Waals surface area contributed by atoms with Crippen LogP contribution in [0.5, 0.6) is 5.75 Å². The maximum Gasteiger partial charge on any atom is 0.250 e. The number of anilines is 1. The Morgan fingerprint density at radius 2 is 1.84 bits per heavy atom. The van der Waals surface area contributed by atoms with Crippen LogP contribution in [0.1, 0.15) is 31.4 Å². The van der Waals surface area contributed by atoms with Crippen LogP contribution in [0.15, 0.2) is 42.5 Å². The van der Waals surface area contributed by atoms with Crippen molar-refractivity contribution in [2.24, 2.45) is 11.8 Å². The van der Waals surface area contributed by atoms with Gasteiger partial charge in [0.05, 0.1) is 11.8 Å². The molecule has 5 atom stereocenters. The standard InChI is InChI=1S/C24H24ClN3O4/c1-3-12(2)28-21(30)19-18(10-13-4-7-15(29)8-5-13)27-24(20(19)22(28)31)16-11-14(25)6-9-17(16)26-23(24)32/h4-9,11-12,18-20,27,29H,3,10H2,1-2H3,(H,26,32). The van der Waals surface area contributed by atoms with Gasteiger partial charge in [-0.05, 0) is 55.7 Å². The third kappa shape index (κ3) is 2.81. The van der Waals surface area contributed by atoms with Crippen molar-refractivity contribution in [3.05, 3.63) is 58.6 Å². The smallest absolute Gasteiger partial charge is 0.250 e. The number of carbonyl (C=O) groups is 3. The second-order valence-corrected chi connectivity index (χ2v) is 9.32. The summed E-state index contributed by atoms with van der Waals surface area (Å²) in [7, 11) is 0. The molecule has 3 aliphatic heterocycles. The van der Waals surface area contributed by atoms with Crippen molar-refractivity contribution in [1.82, 2.24) is 10.2 Å². The van der Waals surface area contributed by atoms with E-state index in [2.05, 4.69) is 10.6 Å². The molecule has 32 heavy (non-hydrogen) atoms. The molecule has 5 rings (SSSR count). The fourth-order valence-electron chi connectivity index (χ4n) is 5.47. The van der Waals surface area contributed by atoms with Gasteiger partial charge in [0.25, 0.3) is 0 Å². The first-order chi connectivity index (χ1) is 15.3. The highest BCUT2D eigenvalue weighted by atomic mass is 35.5. The highest BCUT2D eigenvalue weighted by molar-refractivity contribution is 6.31. The number of halogens is 1. The first-order valence-corrected chi connectivity index (χ1v) is 11.2. The lowest BCUT2D eigenvalue weighted by Gasteiger charge is -2.31. The van der Waals surface area contributed by atoms with E-state index >= 15 is 0 Å². The van der Waals surface area contributed by atoms with Crippen LogP contribution >= 0.6 is 11.6 Å². The molecule has 1 spiro atoms. The summed E-state index contributed by atoms with van der Waals surface area (Å²) in [5.74, 6) is -2.29. The van der Waals surface area contributed by atoms with Crippen molar-refractivity contribution >= 4 is 35.0 Å². The fraction of sp³-hybridized carbons (Fsp3) is 0.375. The first-order valence-electron chi connectivity index (χ1n) is 10.8. The van der Waals surface area contributed by atoms with Gasteiger partial charge in [-0.2, -0.15) is 0 Å². The Hall–Kier alpha value is -2.90. The number of nitrogens with zero attached hydrogens (tertiary/aromatic N) is 1. The van der Waals surface area contributed by atoms with E-state index in [0.29, 0.717) is 29.1 Å². The summed E-state index contributed by atoms with van der Waals surface area (Å²) in [5.41, 5.74) is 0.730. The van der Waals surface area contributed by atoms with Crippen LogP contribution in [-0.4, -0.2) is 39.8 Å². The van der Waals surface area contributed by atoms with E-state index in [1.165, 1.54) is 4.90 Å². The van der Waals surface area contributed by atoms with Crippen LogP contribution in [0.25, 0.3) is 0 Å². The van der Waals surface area contributed by atoms with Crippen molar-refractivity contribution in [3.63, 3.8) is 0 Å². The van der Waals surface area contributed by atoms with E-state index in [-0.39, 0.29) is 29.5 Å². The summed E-state index contributed by atoms with van der Waals surface area (Å²) < 4.78 is 0. The summed E-state index contributed by atoms with van der Waals surface area (Å²) in [4.78, 5) is 42.0. The van der Waals surface area contributed by atoms with Gasteiger partial charge in [0.1, 0.15) is 11.3 Å². The third-order valence-electron chi connectivity index (χ3n) is 7.13.